The number of rotatable bonds is 2. The molecular weight excluding hydrogens is 218 g/mol. The molecule has 1 amide bonds. The summed E-state index contributed by atoms with van der Waals surface area (Å²) >= 11 is 1.15. The lowest BCUT2D eigenvalue weighted by Gasteiger charge is -2.32. The van der Waals surface area contributed by atoms with Crippen LogP contribution in [0.2, 0.25) is 0 Å². The lowest BCUT2D eigenvalue weighted by Crippen LogP contribution is -2.52. The molecule has 1 atom stereocenters. The first-order valence-corrected chi connectivity index (χ1v) is 5.18. The molecule has 1 unspecified atom stereocenters. The molecule has 1 aromatic heterocycles. The van der Waals surface area contributed by atoms with Crippen molar-refractivity contribution in [3.63, 3.8) is 0 Å². The van der Waals surface area contributed by atoms with Crippen molar-refractivity contribution in [3.05, 3.63) is 0 Å². The van der Waals surface area contributed by atoms with Crippen molar-refractivity contribution in [2.24, 2.45) is 5.73 Å². The maximum atomic E-state index is 11.2. The van der Waals surface area contributed by atoms with Gasteiger partial charge in [0.15, 0.2) is 0 Å². The zero-order chi connectivity index (χ0) is 10.8. The predicted molar refractivity (Wildman–Crippen MR) is 55.5 cm³/mol. The molecule has 0 radical (unpaired) electrons. The zero-order valence-corrected chi connectivity index (χ0v) is 8.74. The quantitative estimate of drug-likeness (QED) is 0.660. The van der Waals surface area contributed by atoms with E-state index in [-0.39, 0.29) is 12.6 Å². The number of nitrogens with zero attached hydrogens (tertiary/aromatic N) is 3. The molecule has 0 saturated carbocycles. The Bertz CT molecular complexity index is 368. The molecule has 7 nitrogen and oxygen atoms in total. The van der Waals surface area contributed by atoms with Crippen LogP contribution in [0.15, 0.2) is 0 Å². The number of ether oxygens (including phenoxy) is 1. The Kier molecular flexibility index (Phi) is 2.69. The number of nitrogens with two attached hydrogens (primary N) is 2. The summed E-state index contributed by atoms with van der Waals surface area (Å²) in [5, 5.41) is 0.611. The van der Waals surface area contributed by atoms with Gasteiger partial charge in [0.05, 0.1) is 13.2 Å². The van der Waals surface area contributed by atoms with E-state index in [2.05, 4.69) is 9.36 Å². The Balaban J connectivity index is 2.21. The van der Waals surface area contributed by atoms with E-state index in [0.717, 1.165) is 11.5 Å². The van der Waals surface area contributed by atoms with Crippen LogP contribution in [0.4, 0.5) is 11.1 Å². The molecule has 0 aliphatic carbocycles. The van der Waals surface area contributed by atoms with Gasteiger partial charge in [-0.1, -0.05) is 0 Å². The number of carbonyl (C=O) groups is 1. The van der Waals surface area contributed by atoms with Crippen LogP contribution >= 0.6 is 11.5 Å². The summed E-state index contributed by atoms with van der Waals surface area (Å²) in [4.78, 5) is 17.0. The third-order valence-corrected chi connectivity index (χ3v) is 2.90. The number of morpholine rings is 1. The third kappa shape index (κ3) is 2.00. The first kappa shape index (κ1) is 10.1. The number of hydrogen-bond acceptors (Lipinski definition) is 7. The molecule has 8 heteroatoms. The van der Waals surface area contributed by atoms with Crippen LogP contribution in [0.1, 0.15) is 0 Å². The number of carbonyl (C=O) groups excluding carboxylic acids is 1. The second kappa shape index (κ2) is 3.99. The van der Waals surface area contributed by atoms with Gasteiger partial charge in [-0.25, -0.2) is 0 Å². The van der Waals surface area contributed by atoms with Crippen molar-refractivity contribution >= 4 is 28.5 Å². The molecule has 2 rings (SSSR count). The van der Waals surface area contributed by atoms with Gasteiger partial charge in [-0.05, 0) is 0 Å². The van der Waals surface area contributed by atoms with Crippen LogP contribution < -0.4 is 16.4 Å². The molecule has 1 aliphatic rings. The molecule has 0 bridgehead atoms. The van der Waals surface area contributed by atoms with Crippen LogP contribution in [0, 0.1) is 0 Å². The normalized spacial score (nSPS) is 21.6. The standard InChI is InChI=1S/C7H11N5O2S/c8-5(13)4-3-14-2-1-12(4)7-10-6(9)11-15-7/h4H,1-3H2,(H2,8,13)(H2,9,11). The molecule has 1 aliphatic heterocycles. The van der Waals surface area contributed by atoms with Crippen LogP contribution in [0.5, 0.6) is 0 Å². The summed E-state index contributed by atoms with van der Waals surface area (Å²) in [7, 11) is 0. The van der Waals surface area contributed by atoms with E-state index in [1.165, 1.54) is 0 Å². The fourth-order valence-electron chi connectivity index (χ4n) is 1.41. The first-order chi connectivity index (χ1) is 7.18. The number of primary amides is 1. The maximum Gasteiger partial charge on any atom is 0.242 e. The van der Waals surface area contributed by atoms with Crippen LogP contribution in [0.3, 0.4) is 0 Å². The van der Waals surface area contributed by atoms with E-state index < -0.39 is 11.9 Å². The molecule has 0 aromatic carbocycles. The molecule has 82 valence electrons. The van der Waals surface area contributed by atoms with Gasteiger partial charge in [-0.2, -0.15) is 9.36 Å². The van der Waals surface area contributed by atoms with Crippen LogP contribution in [-0.2, 0) is 9.53 Å². The minimum absolute atomic E-state index is 0.213. The van der Waals surface area contributed by atoms with Crippen molar-refractivity contribution in [2.45, 2.75) is 6.04 Å². The molecule has 4 N–H and O–H groups in total. The molecule has 15 heavy (non-hydrogen) atoms. The second-order valence-electron chi connectivity index (χ2n) is 3.12. The van der Waals surface area contributed by atoms with Gasteiger partial charge in [0.25, 0.3) is 0 Å². The molecule has 2 heterocycles. The summed E-state index contributed by atoms with van der Waals surface area (Å²) in [5.74, 6) is -0.215. The van der Waals surface area contributed by atoms with E-state index in [0.29, 0.717) is 18.3 Å². The highest BCUT2D eigenvalue weighted by Gasteiger charge is 2.29. The van der Waals surface area contributed by atoms with Gasteiger partial charge in [0.1, 0.15) is 6.04 Å². The molecular formula is C7H11N5O2S. The topological polar surface area (TPSA) is 107 Å². The number of nitrogen functional groups attached to an aromatic ring is 1. The number of hydrogen-bond donors (Lipinski definition) is 2. The Hall–Kier alpha value is -1.41. The summed E-state index contributed by atoms with van der Waals surface area (Å²) in [6.45, 7) is 1.40. The summed E-state index contributed by atoms with van der Waals surface area (Å²) in [6.07, 6.45) is 0. The van der Waals surface area contributed by atoms with Gasteiger partial charge >= 0.3 is 0 Å². The molecule has 1 saturated heterocycles. The maximum absolute atomic E-state index is 11.2. The fourth-order valence-corrected chi connectivity index (χ4v) is 2.09. The zero-order valence-electron chi connectivity index (χ0n) is 7.92. The van der Waals surface area contributed by atoms with Crippen molar-refractivity contribution < 1.29 is 9.53 Å². The van der Waals surface area contributed by atoms with Gasteiger partial charge in [-0.3, -0.25) is 4.79 Å². The first-order valence-electron chi connectivity index (χ1n) is 4.41. The summed E-state index contributed by atoms with van der Waals surface area (Å²) in [5.41, 5.74) is 10.7. The predicted octanol–water partition coefficient (Wildman–Crippen LogP) is -1.19. The smallest absolute Gasteiger partial charge is 0.242 e. The highest BCUT2D eigenvalue weighted by Crippen LogP contribution is 2.22. The van der Waals surface area contributed by atoms with E-state index in [9.17, 15) is 4.79 Å². The van der Waals surface area contributed by atoms with Gasteiger partial charge in [-0.15, -0.1) is 0 Å². The van der Waals surface area contributed by atoms with Gasteiger partial charge < -0.3 is 21.1 Å². The van der Waals surface area contributed by atoms with Crippen molar-refractivity contribution in [1.29, 1.82) is 0 Å². The van der Waals surface area contributed by atoms with E-state index >= 15 is 0 Å². The van der Waals surface area contributed by atoms with Gasteiger partial charge in [0.2, 0.25) is 17.0 Å². The Morgan fingerprint density at radius 1 is 1.67 bits per heavy atom. The Morgan fingerprint density at radius 2 is 2.47 bits per heavy atom. The summed E-state index contributed by atoms with van der Waals surface area (Å²) in [6, 6.07) is -0.480. The largest absolute Gasteiger partial charge is 0.377 e. The van der Waals surface area contributed by atoms with E-state index in [1.807, 2.05) is 0 Å². The number of amides is 1. The molecule has 0 spiro atoms. The number of aromatic nitrogens is 2. The second-order valence-corrected chi connectivity index (χ2v) is 3.85. The van der Waals surface area contributed by atoms with E-state index in [1.54, 1.807) is 4.90 Å². The monoisotopic (exact) mass is 229 g/mol. The van der Waals surface area contributed by atoms with Crippen LogP contribution in [0.25, 0.3) is 0 Å². The van der Waals surface area contributed by atoms with Crippen molar-refractivity contribution in [3.8, 4) is 0 Å². The highest BCUT2D eigenvalue weighted by molar-refractivity contribution is 7.09. The fraction of sp³-hybridized carbons (Fsp3) is 0.571. The lowest BCUT2D eigenvalue weighted by molar-refractivity contribution is -0.121. The van der Waals surface area contributed by atoms with E-state index in [4.69, 9.17) is 16.2 Å². The van der Waals surface area contributed by atoms with Crippen LogP contribution in [-0.4, -0.2) is 41.1 Å². The molecule has 1 fully saturated rings. The average molecular weight is 229 g/mol. The third-order valence-electron chi connectivity index (χ3n) is 2.13. The Labute approximate surface area is 90.2 Å². The van der Waals surface area contributed by atoms with Crippen molar-refractivity contribution in [1.82, 2.24) is 9.36 Å². The minimum atomic E-state index is -0.480. The summed E-state index contributed by atoms with van der Waals surface area (Å²) < 4.78 is 9.04. The van der Waals surface area contributed by atoms with Gasteiger partial charge in [0, 0.05) is 18.1 Å². The average Bonchev–Trinajstić information content (AvgIpc) is 2.65. The SMILES string of the molecule is NC(=O)C1COCCN1c1nc(N)ns1. The molecule has 1 aromatic rings. The number of anilines is 2. The highest BCUT2D eigenvalue weighted by atomic mass is 32.1. The van der Waals surface area contributed by atoms with Crippen molar-refractivity contribution in [2.75, 3.05) is 30.4 Å². The Morgan fingerprint density at radius 3 is 3.07 bits per heavy atom. The minimum Gasteiger partial charge on any atom is -0.377 e. The lowest BCUT2D eigenvalue weighted by atomic mass is 10.2.